The van der Waals surface area contributed by atoms with Crippen LogP contribution in [0.2, 0.25) is 0 Å². The molecule has 2 unspecified atom stereocenters. The summed E-state index contributed by atoms with van der Waals surface area (Å²) in [6.45, 7) is 2.59. The number of likely N-dealkylation sites (N-methyl/N-ethyl adjacent to an activating group) is 1. The Balaban J connectivity index is 2.12. The maximum Gasteiger partial charge on any atom is 0.152 e. The second-order valence-corrected chi connectivity index (χ2v) is 3.28. The van der Waals surface area contributed by atoms with Crippen molar-refractivity contribution in [1.82, 2.24) is 10.2 Å². The summed E-state index contributed by atoms with van der Waals surface area (Å²) in [5, 5.41) is 3.21. The zero-order valence-electron chi connectivity index (χ0n) is 6.13. The summed E-state index contributed by atoms with van der Waals surface area (Å²) < 4.78 is 0. The fourth-order valence-electron chi connectivity index (χ4n) is 1.90. The van der Waals surface area contributed by atoms with Gasteiger partial charge in [-0.1, -0.05) is 0 Å². The van der Waals surface area contributed by atoms with E-state index in [0.717, 1.165) is 13.1 Å². The van der Waals surface area contributed by atoms with Gasteiger partial charge in [-0.2, -0.15) is 0 Å². The Kier molecular flexibility index (Phi) is 1.28. The molecule has 0 bridgehead atoms. The van der Waals surface area contributed by atoms with Crippen molar-refractivity contribution in [2.45, 2.75) is 6.04 Å². The normalized spacial score (nSPS) is 40.7. The van der Waals surface area contributed by atoms with E-state index in [-0.39, 0.29) is 0 Å². The average molecular weight is 140 g/mol. The molecule has 0 saturated carbocycles. The molecule has 0 aromatic heterocycles. The van der Waals surface area contributed by atoms with Crippen LogP contribution >= 0.6 is 0 Å². The smallest absolute Gasteiger partial charge is 0.152 e. The van der Waals surface area contributed by atoms with Crippen LogP contribution in [-0.2, 0) is 4.79 Å². The van der Waals surface area contributed by atoms with Crippen LogP contribution in [0.25, 0.3) is 0 Å². The van der Waals surface area contributed by atoms with Crippen molar-refractivity contribution < 1.29 is 4.79 Å². The van der Waals surface area contributed by atoms with Gasteiger partial charge in [0.15, 0.2) is 5.78 Å². The Morgan fingerprint density at radius 2 is 2.40 bits per heavy atom. The SMILES string of the molecule is CN1CC2NCC(=O)C2C1. The van der Waals surface area contributed by atoms with Crippen molar-refractivity contribution in [1.29, 1.82) is 0 Å². The third-order valence-corrected chi connectivity index (χ3v) is 2.45. The number of carbonyl (C=O) groups is 1. The molecule has 3 nitrogen and oxygen atoms in total. The molecule has 2 aliphatic heterocycles. The lowest BCUT2D eigenvalue weighted by Crippen LogP contribution is -2.28. The highest BCUT2D eigenvalue weighted by Gasteiger charge is 2.39. The highest BCUT2D eigenvalue weighted by Crippen LogP contribution is 2.20. The first-order valence-electron chi connectivity index (χ1n) is 3.72. The molecular formula is C7H12N2O. The van der Waals surface area contributed by atoms with Crippen molar-refractivity contribution in [3.8, 4) is 0 Å². The fourth-order valence-corrected chi connectivity index (χ4v) is 1.90. The van der Waals surface area contributed by atoms with E-state index < -0.39 is 0 Å². The molecule has 2 saturated heterocycles. The fraction of sp³-hybridized carbons (Fsp3) is 0.857. The van der Waals surface area contributed by atoms with E-state index in [4.69, 9.17) is 0 Å². The molecule has 2 atom stereocenters. The number of nitrogens with one attached hydrogen (secondary N) is 1. The molecule has 0 radical (unpaired) electrons. The van der Waals surface area contributed by atoms with Gasteiger partial charge >= 0.3 is 0 Å². The minimum atomic E-state index is 0.296. The average Bonchev–Trinajstić information content (AvgIpc) is 2.35. The number of carbonyl (C=O) groups excluding carboxylic acids is 1. The van der Waals surface area contributed by atoms with Gasteiger partial charge in [-0.25, -0.2) is 0 Å². The number of nitrogens with zero attached hydrogens (tertiary/aromatic N) is 1. The first-order valence-corrected chi connectivity index (χ1v) is 3.72. The molecule has 0 aliphatic carbocycles. The lowest BCUT2D eigenvalue weighted by molar-refractivity contribution is -0.119. The van der Waals surface area contributed by atoms with Crippen LogP contribution in [0.3, 0.4) is 0 Å². The number of hydrogen-bond donors (Lipinski definition) is 1. The molecule has 2 aliphatic rings. The summed E-state index contributed by atoms with van der Waals surface area (Å²) >= 11 is 0. The Bertz CT molecular complexity index is 169. The summed E-state index contributed by atoms with van der Waals surface area (Å²) in [7, 11) is 2.06. The highest BCUT2D eigenvalue weighted by atomic mass is 16.1. The van der Waals surface area contributed by atoms with Gasteiger partial charge in [0.25, 0.3) is 0 Å². The maximum atomic E-state index is 11.1. The zero-order valence-corrected chi connectivity index (χ0v) is 6.13. The van der Waals surface area contributed by atoms with Crippen LogP contribution in [0.15, 0.2) is 0 Å². The number of fused-ring (bicyclic) bond motifs is 1. The summed E-state index contributed by atoms with van der Waals surface area (Å²) in [6, 6.07) is 0.456. The lowest BCUT2D eigenvalue weighted by atomic mass is 10.0. The minimum absolute atomic E-state index is 0.296. The Morgan fingerprint density at radius 1 is 1.60 bits per heavy atom. The molecule has 1 N–H and O–H groups in total. The van der Waals surface area contributed by atoms with Crippen molar-refractivity contribution >= 4 is 5.78 Å². The Hall–Kier alpha value is -0.410. The number of likely N-dealkylation sites (tertiary alicyclic amines) is 1. The lowest BCUT2D eigenvalue weighted by Gasteiger charge is -2.07. The molecule has 0 aromatic carbocycles. The van der Waals surface area contributed by atoms with Crippen molar-refractivity contribution in [2.75, 3.05) is 26.7 Å². The van der Waals surface area contributed by atoms with Crippen molar-refractivity contribution in [2.24, 2.45) is 5.92 Å². The number of Topliss-reactive ketones (excluding diaryl/α,β-unsaturated/α-hetero) is 1. The molecule has 10 heavy (non-hydrogen) atoms. The van der Waals surface area contributed by atoms with E-state index in [1.165, 1.54) is 0 Å². The van der Waals surface area contributed by atoms with Crippen molar-refractivity contribution in [3.05, 3.63) is 0 Å². The van der Waals surface area contributed by atoms with Crippen molar-refractivity contribution in [3.63, 3.8) is 0 Å². The van der Waals surface area contributed by atoms with Gasteiger partial charge in [0.1, 0.15) is 0 Å². The summed E-state index contributed by atoms with van der Waals surface area (Å²) in [6.07, 6.45) is 0. The molecule has 3 heteroatoms. The van der Waals surface area contributed by atoms with Gasteiger partial charge in [-0.05, 0) is 7.05 Å². The van der Waals surface area contributed by atoms with Crippen LogP contribution in [0.5, 0.6) is 0 Å². The van der Waals surface area contributed by atoms with Gasteiger partial charge < -0.3 is 10.2 Å². The van der Waals surface area contributed by atoms with Gasteiger partial charge in [0.2, 0.25) is 0 Å². The van der Waals surface area contributed by atoms with Gasteiger partial charge in [0, 0.05) is 25.0 Å². The van der Waals surface area contributed by atoms with Crippen LogP contribution in [-0.4, -0.2) is 43.4 Å². The van der Waals surface area contributed by atoms with E-state index in [2.05, 4.69) is 17.3 Å². The number of rotatable bonds is 0. The molecule has 56 valence electrons. The summed E-state index contributed by atoms with van der Waals surface area (Å²) in [4.78, 5) is 13.3. The van der Waals surface area contributed by atoms with E-state index in [1.54, 1.807) is 0 Å². The third kappa shape index (κ3) is 0.777. The second kappa shape index (κ2) is 2.04. The van der Waals surface area contributed by atoms with Crippen LogP contribution in [0.4, 0.5) is 0 Å². The zero-order chi connectivity index (χ0) is 7.14. The van der Waals surface area contributed by atoms with Crippen LogP contribution in [0, 0.1) is 5.92 Å². The molecule has 2 rings (SSSR count). The van der Waals surface area contributed by atoms with E-state index in [9.17, 15) is 4.79 Å². The van der Waals surface area contributed by atoms with E-state index in [0.29, 0.717) is 24.3 Å². The summed E-state index contributed by atoms with van der Waals surface area (Å²) in [5.74, 6) is 0.694. The van der Waals surface area contributed by atoms with Gasteiger partial charge in [-0.15, -0.1) is 0 Å². The molecule has 0 aromatic rings. The number of ketones is 1. The molecule has 2 fully saturated rings. The van der Waals surface area contributed by atoms with Gasteiger partial charge in [-0.3, -0.25) is 4.79 Å². The number of hydrogen-bond acceptors (Lipinski definition) is 3. The monoisotopic (exact) mass is 140 g/mol. The predicted octanol–water partition coefficient (Wildman–Crippen LogP) is -0.911. The van der Waals surface area contributed by atoms with E-state index in [1.807, 2.05) is 0 Å². The Morgan fingerprint density at radius 3 is 3.10 bits per heavy atom. The molecule has 0 spiro atoms. The highest BCUT2D eigenvalue weighted by molar-refractivity contribution is 5.86. The standard InChI is InChI=1S/C7H12N2O/c1-9-3-5-6(4-9)8-2-7(5)10/h5-6,8H,2-4H2,1H3. The van der Waals surface area contributed by atoms with Gasteiger partial charge in [0.05, 0.1) is 6.54 Å². The largest absolute Gasteiger partial charge is 0.305 e. The topological polar surface area (TPSA) is 32.3 Å². The third-order valence-electron chi connectivity index (χ3n) is 2.45. The molecular weight excluding hydrogens is 128 g/mol. The Labute approximate surface area is 60.4 Å². The molecule has 0 amide bonds. The van der Waals surface area contributed by atoms with Crippen LogP contribution < -0.4 is 5.32 Å². The maximum absolute atomic E-state index is 11.1. The summed E-state index contributed by atoms with van der Waals surface area (Å²) in [5.41, 5.74) is 0. The van der Waals surface area contributed by atoms with Crippen LogP contribution in [0.1, 0.15) is 0 Å². The first-order chi connectivity index (χ1) is 4.77. The molecule has 2 heterocycles. The minimum Gasteiger partial charge on any atom is -0.305 e. The second-order valence-electron chi connectivity index (χ2n) is 3.28. The first kappa shape index (κ1) is 6.31. The van der Waals surface area contributed by atoms with E-state index >= 15 is 0 Å². The predicted molar refractivity (Wildman–Crippen MR) is 37.8 cm³/mol. The quantitative estimate of drug-likeness (QED) is 0.473.